The van der Waals surface area contributed by atoms with Crippen molar-refractivity contribution in [3.05, 3.63) is 58.2 Å². The number of thiazole rings is 1. The number of carbonyl (C=O) groups is 2. The maximum absolute atomic E-state index is 12.6. The first-order valence-corrected chi connectivity index (χ1v) is 10.3. The Labute approximate surface area is 181 Å². The van der Waals surface area contributed by atoms with Crippen LogP contribution in [0.5, 0.6) is 0 Å². The number of anilines is 1. The zero-order valence-corrected chi connectivity index (χ0v) is 17.9. The number of benzene rings is 1. The van der Waals surface area contributed by atoms with Gasteiger partial charge < -0.3 is 19.2 Å². The second-order valence-corrected chi connectivity index (χ2v) is 7.82. The fourth-order valence-electron chi connectivity index (χ4n) is 3.06. The fourth-order valence-corrected chi connectivity index (χ4v) is 3.76. The molecule has 0 fully saturated rings. The van der Waals surface area contributed by atoms with Crippen LogP contribution in [0.25, 0.3) is 11.1 Å². The van der Waals surface area contributed by atoms with E-state index in [1.807, 2.05) is 18.2 Å². The van der Waals surface area contributed by atoms with Crippen LogP contribution >= 0.6 is 11.3 Å². The Bertz CT molecular complexity index is 1220. The minimum atomic E-state index is -0.376. The second-order valence-electron chi connectivity index (χ2n) is 6.97. The van der Waals surface area contributed by atoms with Crippen LogP contribution in [0.15, 0.2) is 38.9 Å². The Hall–Kier alpha value is -3.73. The maximum atomic E-state index is 12.6. The SMILES string of the molecule is Cc1noc(C)c1C(=O)N(C)Cc1csc(NC(=O)NCc2ccc3ncoc3c2)n1. The monoisotopic (exact) mass is 440 g/mol. The van der Waals surface area contributed by atoms with Gasteiger partial charge >= 0.3 is 6.03 Å². The van der Waals surface area contributed by atoms with Gasteiger partial charge in [0.05, 0.1) is 17.9 Å². The third-order valence-electron chi connectivity index (χ3n) is 4.61. The molecule has 10 nitrogen and oxygen atoms in total. The molecule has 4 aromatic rings. The molecule has 0 atom stereocenters. The van der Waals surface area contributed by atoms with Crippen LogP contribution in [0.4, 0.5) is 9.93 Å². The zero-order valence-electron chi connectivity index (χ0n) is 17.1. The number of hydrogen-bond donors (Lipinski definition) is 2. The molecular weight excluding hydrogens is 420 g/mol. The molecule has 0 saturated heterocycles. The number of nitrogens with zero attached hydrogens (tertiary/aromatic N) is 4. The van der Waals surface area contributed by atoms with Gasteiger partial charge in [0, 0.05) is 19.0 Å². The molecule has 3 heterocycles. The summed E-state index contributed by atoms with van der Waals surface area (Å²) >= 11 is 1.28. The summed E-state index contributed by atoms with van der Waals surface area (Å²) in [7, 11) is 1.68. The van der Waals surface area contributed by atoms with Gasteiger partial charge in [-0.05, 0) is 31.5 Å². The van der Waals surface area contributed by atoms with Crippen LogP contribution in [0.1, 0.15) is 33.1 Å². The van der Waals surface area contributed by atoms with Crippen molar-refractivity contribution in [2.75, 3.05) is 12.4 Å². The van der Waals surface area contributed by atoms with Gasteiger partial charge in [-0.2, -0.15) is 0 Å². The van der Waals surface area contributed by atoms with Crippen LogP contribution in [0.3, 0.4) is 0 Å². The quantitative estimate of drug-likeness (QED) is 0.470. The Morgan fingerprint density at radius 2 is 2.10 bits per heavy atom. The number of fused-ring (bicyclic) bond motifs is 1. The van der Waals surface area contributed by atoms with Gasteiger partial charge in [0.1, 0.15) is 16.8 Å². The Morgan fingerprint density at radius 1 is 1.26 bits per heavy atom. The van der Waals surface area contributed by atoms with Crippen molar-refractivity contribution >= 4 is 39.5 Å². The predicted molar refractivity (Wildman–Crippen MR) is 114 cm³/mol. The molecular formula is C20H20N6O4S. The average Bonchev–Trinajstić information content (AvgIpc) is 3.46. The fraction of sp³-hybridized carbons (Fsp3) is 0.250. The molecule has 0 aliphatic carbocycles. The van der Waals surface area contributed by atoms with Gasteiger partial charge in [-0.15, -0.1) is 11.3 Å². The number of amides is 3. The number of rotatable bonds is 6. The van der Waals surface area contributed by atoms with Crippen LogP contribution in [-0.2, 0) is 13.1 Å². The van der Waals surface area contributed by atoms with Crippen molar-refractivity contribution in [3.63, 3.8) is 0 Å². The Morgan fingerprint density at radius 3 is 2.87 bits per heavy atom. The lowest BCUT2D eigenvalue weighted by Crippen LogP contribution is -2.28. The first-order valence-electron chi connectivity index (χ1n) is 9.40. The van der Waals surface area contributed by atoms with Crippen molar-refractivity contribution in [1.29, 1.82) is 0 Å². The third kappa shape index (κ3) is 4.56. The highest BCUT2D eigenvalue weighted by atomic mass is 32.1. The summed E-state index contributed by atoms with van der Waals surface area (Å²) in [6.45, 7) is 4.05. The molecule has 0 spiro atoms. The van der Waals surface area contributed by atoms with Gasteiger partial charge in [-0.1, -0.05) is 11.2 Å². The van der Waals surface area contributed by atoms with E-state index >= 15 is 0 Å². The van der Waals surface area contributed by atoms with E-state index in [0.29, 0.717) is 46.5 Å². The molecule has 4 rings (SSSR count). The average molecular weight is 440 g/mol. The van der Waals surface area contributed by atoms with E-state index in [2.05, 4.69) is 25.8 Å². The van der Waals surface area contributed by atoms with Gasteiger partial charge in [0.25, 0.3) is 5.91 Å². The molecule has 0 unspecified atom stereocenters. The summed E-state index contributed by atoms with van der Waals surface area (Å²) in [6, 6.07) is 5.16. The summed E-state index contributed by atoms with van der Waals surface area (Å²) in [5.74, 6) is 0.286. The minimum Gasteiger partial charge on any atom is -0.443 e. The lowest BCUT2D eigenvalue weighted by molar-refractivity contribution is 0.0781. The van der Waals surface area contributed by atoms with E-state index in [1.165, 1.54) is 22.6 Å². The molecule has 160 valence electrons. The predicted octanol–water partition coefficient (Wildman–Crippen LogP) is 3.48. The topological polar surface area (TPSA) is 126 Å². The van der Waals surface area contributed by atoms with Crippen LogP contribution in [0, 0.1) is 13.8 Å². The van der Waals surface area contributed by atoms with Gasteiger partial charge in [-0.25, -0.2) is 14.8 Å². The lowest BCUT2D eigenvalue weighted by atomic mass is 10.2. The molecule has 3 amide bonds. The maximum Gasteiger partial charge on any atom is 0.321 e. The number of nitrogens with one attached hydrogen (secondary N) is 2. The van der Waals surface area contributed by atoms with E-state index in [-0.39, 0.29) is 11.9 Å². The molecule has 0 bridgehead atoms. The number of aryl methyl sites for hydroxylation is 2. The normalized spacial score (nSPS) is 10.9. The third-order valence-corrected chi connectivity index (χ3v) is 5.42. The highest BCUT2D eigenvalue weighted by Crippen LogP contribution is 2.19. The second kappa shape index (κ2) is 8.56. The molecule has 0 aliphatic heterocycles. The molecule has 0 aliphatic rings. The smallest absolute Gasteiger partial charge is 0.321 e. The van der Waals surface area contributed by atoms with E-state index in [0.717, 1.165) is 11.1 Å². The van der Waals surface area contributed by atoms with Gasteiger partial charge in [-0.3, -0.25) is 10.1 Å². The Kier molecular flexibility index (Phi) is 5.67. The van der Waals surface area contributed by atoms with Gasteiger partial charge in [0.2, 0.25) is 0 Å². The van der Waals surface area contributed by atoms with E-state index in [1.54, 1.807) is 26.3 Å². The molecule has 3 aromatic heterocycles. The zero-order chi connectivity index (χ0) is 22.0. The van der Waals surface area contributed by atoms with Crippen molar-refractivity contribution in [3.8, 4) is 0 Å². The van der Waals surface area contributed by atoms with Crippen molar-refractivity contribution in [2.45, 2.75) is 26.9 Å². The van der Waals surface area contributed by atoms with E-state index < -0.39 is 0 Å². The van der Waals surface area contributed by atoms with E-state index in [9.17, 15) is 9.59 Å². The standard InChI is InChI=1S/C20H20N6O4S/c1-11-17(12(2)30-25-11)18(27)26(3)8-14-9-31-20(23-14)24-19(28)21-7-13-4-5-15-16(6-13)29-10-22-15/h4-6,9-10H,7-8H2,1-3H3,(H2,21,23,24,28). The van der Waals surface area contributed by atoms with E-state index in [4.69, 9.17) is 8.94 Å². The van der Waals surface area contributed by atoms with Gasteiger partial charge in [0.15, 0.2) is 17.1 Å². The van der Waals surface area contributed by atoms with Crippen LogP contribution in [0.2, 0.25) is 0 Å². The molecule has 1 aromatic carbocycles. The number of urea groups is 1. The van der Waals surface area contributed by atoms with Crippen LogP contribution < -0.4 is 10.6 Å². The number of aromatic nitrogens is 3. The first kappa shape index (κ1) is 20.5. The number of oxazole rings is 1. The summed E-state index contributed by atoms with van der Waals surface area (Å²) in [4.78, 5) is 34.8. The van der Waals surface area contributed by atoms with Crippen molar-refractivity contribution < 1.29 is 18.5 Å². The summed E-state index contributed by atoms with van der Waals surface area (Å²) < 4.78 is 10.3. The number of carbonyl (C=O) groups excluding carboxylic acids is 2. The molecule has 0 radical (unpaired) electrons. The van der Waals surface area contributed by atoms with Crippen molar-refractivity contribution in [2.24, 2.45) is 0 Å². The first-order chi connectivity index (χ1) is 14.9. The largest absolute Gasteiger partial charge is 0.443 e. The van der Waals surface area contributed by atoms with Crippen molar-refractivity contribution in [1.82, 2.24) is 25.3 Å². The van der Waals surface area contributed by atoms with Crippen LogP contribution in [-0.4, -0.2) is 39.0 Å². The highest BCUT2D eigenvalue weighted by molar-refractivity contribution is 7.13. The molecule has 0 saturated carbocycles. The lowest BCUT2D eigenvalue weighted by Gasteiger charge is -2.15. The summed E-state index contributed by atoms with van der Waals surface area (Å²) in [6.07, 6.45) is 1.38. The Balaban J connectivity index is 1.31. The molecule has 11 heteroatoms. The minimum absolute atomic E-state index is 0.194. The molecule has 2 N–H and O–H groups in total. The highest BCUT2D eigenvalue weighted by Gasteiger charge is 2.21. The molecule has 31 heavy (non-hydrogen) atoms. The number of hydrogen-bond acceptors (Lipinski definition) is 8. The summed E-state index contributed by atoms with van der Waals surface area (Å²) in [5, 5.41) is 11.5. The summed E-state index contributed by atoms with van der Waals surface area (Å²) in [5.41, 5.74) is 3.99.